The van der Waals surface area contributed by atoms with Crippen LogP contribution >= 0.6 is 0 Å². The fourth-order valence-electron chi connectivity index (χ4n) is 2.14. The number of non-ortho nitro benzene ring substituents is 1. The van der Waals surface area contributed by atoms with Gasteiger partial charge in [0.25, 0.3) is 11.4 Å². The highest BCUT2D eigenvalue weighted by Gasteiger charge is 2.37. The van der Waals surface area contributed by atoms with Crippen LogP contribution in [-0.4, -0.2) is 9.85 Å². The van der Waals surface area contributed by atoms with Gasteiger partial charge in [0.05, 0.1) is 32.6 Å². The average Bonchev–Trinajstić information content (AvgIpc) is 2.52. The van der Waals surface area contributed by atoms with E-state index in [1.165, 1.54) is 0 Å². The van der Waals surface area contributed by atoms with Crippen LogP contribution < -0.4 is 0 Å². The second kappa shape index (κ2) is 6.28. The van der Waals surface area contributed by atoms with E-state index in [1.54, 1.807) is 0 Å². The minimum absolute atomic E-state index is 0.124. The van der Waals surface area contributed by atoms with Crippen molar-refractivity contribution < 1.29 is 36.2 Å². The van der Waals surface area contributed by atoms with Crippen LogP contribution in [0.3, 0.4) is 0 Å². The maximum absolute atomic E-state index is 12.9. The molecule has 2 aromatic carbocycles. The number of hydrogen-bond acceptors (Lipinski definition) is 4. The summed E-state index contributed by atoms with van der Waals surface area (Å²) in [5.41, 5.74) is -6.40. The quantitative estimate of drug-likeness (QED) is 0.416. The zero-order chi connectivity index (χ0) is 19.9. The number of hydrogen-bond donors (Lipinski definition) is 0. The third kappa shape index (κ3) is 3.90. The van der Waals surface area contributed by atoms with Gasteiger partial charge < -0.3 is 0 Å². The van der Waals surface area contributed by atoms with E-state index < -0.39 is 55.8 Å². The summed E-state index contributed by atoms with van der Waals surface area (Å²) < 4.78 is 77.3. The van der Waals surface area contributed by atoms with Gasteiger partial charge in [0.1, 0.15) is 0 Å². The Kier molecular flexibility index (Phi) is 4.62. The third-order valence-electron chi connectivity index (χ3n) is 3.29. The molecule has 0 N–H and O–H groups in total. The molecule has 0 unspecified atom stereocenters. The minimum Gasteiger partial charge on any atom is -0.258 e. The van der Waals surface area contributed by atoms with Crippen LogP contribution in [0.15, 0.2) is 36.4 Å². The molecule has 0 atom stereocenters. The summed E-state index contributed by atoms with van der Waals surface area (Å²) in [4.78, 5) is 19.6. The molecule has 26 heavy (non-hydrogen) atoms. The van der Waals surface area contributed by atoms with E-state index in [0.29, 0.717) is 18.2 Å². The lowest BCUT2D eigenvalue weighted by Gasteiger charge is -2.14. The van der Waals surface area contributed by atoms with E-state index in [4.69, 9.17) is 0 Å². The molecule has 0 saturated heterocycles. The van der Waals surface area contributed by atoms with E-state index >= 15 is 0 Å². The van der Waals surface area contributed by atoms with Gasteiger partial charge in [-0.05, 0) is 29.8 Å². The highest BCUT2D eigenvalue weighted by molar-refractivity contribution is 5.76. The molecule has 0 heterocycles. The normalized spacial score (nSPS) is 12.1. The fraction of sp³-hybridized carbons (Fsp3) is 0.143. The molecule has 0 saturated carbocycles. The summed E-state index contributed by atoms with van der Waals surface area (Å²) in [5, 5.41) is 21.8. The lowest BCUT2D eigenvalue weighted by molar-refractivity contribution is -0.393. The Morgan fingerprint density at radius 2 is 1.23 bits per heavy atom. The first-order valence-electron chi connectivity index (χ1n) is 6.53. The van der Waals surface area contributed by atoms with Crippen LogP contribution in [-0.2, 0) is 12.4 Å². The number of alkyl halides is 6. The first kappa shape index (κ1) is 19.1. The van der Waals surface area contributed by atoms with Crippen LogP contribution in [0, 0.1) is 20.2 Å². The third-order valence-corrected chi connectivity index (χ3v) is 3.29. The van der Waals surface area contributed by atoms with Crippen LogP contribution in [0.2, 0.25) is 0 Å². The summed E-state index contributed by atoms with van der Waals surface area (Å²) in [6, 6.07) is 2.43. The Bertz CT molecular complexity index is 860. The molecule has 0 aliphatic rings. The number of nitrogens with zero attached hydrogens (tertiary/aromatic N) is 2. The molecular formula is C14H6F6N2O4. The van der Waals surface area contributed by atoms with Crippen LogP contribution in [0.1, 0.15) is 11.1 Å². The Morgan fingerprint density at radius 1 is 0.731 bits per heavy atom. The van der Waals surface area contributed by atoms with Crippen molar-refractivity contribution >= 4 is 11.4 Å². The maximum Gasteiger partial charge on any atom is 0.416 e. The largest absolute Gasteiger partial charge is 0.416 e. The van der Waals surface area contributed by atoms with Gasteiger partial charge in [-0.1, -0.05) is 0 Å². The van der Waals surface area contributed by atoms with Gasteiger partial charge in [-0.2, -0.15) is 26.3 Å². The van der Waals surface area contributed by atoms with Gasteiger partial charge >= 0.3 is 12.4 Å². The van der Waals surface area contributed by atoms with E-state index in [2.05, 4.69) is 0 Å². The molecule has 138 valence electrons. The van der Waals surface area contributed by atoms with Gasteiger partial charge in [-0.3, -0.25) is 20.2 Å². The van der Waals surface area contributed by atoms with Crippen molar-refractivity contribution in [3.63, 3.8) is 0 Å². The van der Waals surface area contributed by atoms with Gasteiger partial charge in [-0.25, -0.2) is 0 Å². The van der Waals surface area contributed by atoms with Crippen molar-refractivity contribution in [2.45, 2.75) is 12.4 Å². The first-order valence-corrected chi connectivity index (χ1v) is 6.53. The monoisotopic (exact) mass is 380 g/mol. The number of nitro groups is 2. The Hall–Kier alpha value is -3.18. The first-order chi connectivity index (χ1) is 11.8. The highest BCUT2D eigenvalue weighted by atomic mass is 19.4. The van der Waals surface area contributed by atoms with Crippen molar-refractivity contribution in [2.75, 3.05) is 0 Å². The summed E-state index contributed by atoms with van der Waals surface area (Å²) in [7, 11) is 0. The molecule has 12 heteroatoms. The molecule has 6 nitrogen and oxygen atoms in total. The van der Waals surface area contributed by atoms with Crippen LogP contribution in [0.25, 0.3) is 11.1 Å². The van der Waals surface area contributed by atoms with E-state index in [-0.39, 0.29) is 6.07 Å². The van der Waals surface area contributed by atoms with E-state index in [0.717, 1.165) is 12.1 Å². The zero-order valence-corrected chi connectivity index (χ0v) is 12.3. The van der Waals surface area contributed by atoms with Gasteiger partial charge in [-0.15, -0.1) is 0 Å². The Labute approximate surface area is 140 Å². The molecule has 0 aliphatic heterocycles. The lowest BCUT2D eigenvalue weighted by Crippen LogP contribution is -2.11. The maximum atomic E-state index is 12.9. The smallest absolute Gasteiger partial charge is 0.258 e. The molecule has 0 aliphatic carbocycles. The summed E-state index contributed by atoms with van der Waals surface area (Å²) >= 11 is 0. The van der Waals surface area contributed by atoms with Crippen LogP contribution in [0.4, 0.5) is 37.7 Å². The van der Waals surface area contributed by atoms with Crippen molar-refractivity contribution in [3.8, 4) is 11.1 Å². The van der Waals surface area contributed by atoms with Crippen molar-refractivity contribution in [2.24, 2.45) is 0 Å². The van der Waals surface area contributed by atoms with E-state index in [9.17, 15) is 46.6 Å². The Morgan fingerprint density at radius 3 is 1.62 bits per heavy atom. The molecule has 0 fully saturated rings. The number of nitro benzene ring substituents is 2. The SMILES string of the molecule is O=[N+]([O-])c1ccc(-c2cc(C(F)(F)F)cc(C(F)(F)F)c2)c([N+](=O)[O-])c1. The number of benzene rings is 2. The topological polar surface area (TPSA) is 86.3 Å². The Balaban J connectivity index is 2.79. The van der Waals surface area contributed by atoms with Crippen molar-refractivity contribution in [1.82, 2.24) is 0 Å². The van der Waals surface area contributed by atoms with Gasteiger partial charge in [0, 0.05) is 6.07 Å². The van der Waals surface area contributed by atoms with Gasteiger partial charge in [0.2, 0.25) is 0 Å². The van der Waals surface area contributed by atoms with E-state index in [1.807, 2.05) is 0 Å². The molecule has 2 rings (SSSR count). The second-order valence-corrected chi connectivity index (χ2v) is 5.01. The van der Waals surface area contributed by atoms with Crippen molar-refractivity contribution in [3.05, 3.63) is 67.8 Å². The minimum atomic E-state index is -5.13. The summed E-state index contributed by atoms with van der Waals surface area (Å²) in [5.74, 6) is 0. The fourth-order valence-corrected chi connectivity index (χ4v) is 2.14. The lowest BCUT2D eigenvalue weighted by atomic mass is 9.97. The zero-order valence-electron chi connectivity index (χ0n) is 12.3. The summed E-state index contributed by atoms with van der Waals surface area (Å²) in [6.07, 6.45) is -10.3. The van der Waals surface area contributed by atoms with Crippen molar-refractivity contribution in [1.29, 1.82) is 0 Å². The molecular weight excluding hydrogens is 374 g/mol. The summed E-state index contributed by atoms with van der Waals surface area (Å²) in [6.45, 7) is 0. The van der Waals surface area contributed by atoms with Crippen LogP contribution in [0.5, 0.6) is 0 Å². The number of rotatable bonds is 3. The average molecular weight is 380 g/mol. The standard InChI is InChI=1S/C14H6F6N2O4/c15-13(16,17)8-3-7(4-9(5-8)14(18,19)20)11-2-1-10(21(23)24)6-12(11)22(25)26/h1-6H. The molecule has 0 spiro atoms. The molecule has 2 aromatic rings. The molecule has 0 bridgehead atoms. The van der Waals surface area contributed by atoms with Gasteiger partial charge in [0.15, 0.2) is 0 Å². The predicted octanol–water partition coefficient (Wildman–Crippen LogP) is 5.21. The number of halogens is 6. The molecule has 0 radical (unpaired) electrons. The molecule has 0 aromatic heterocycles. The predicted molar refractivity (Wildman–Crippen MR) is 75.2 cm³/mol. The molecule has 0 amide bonds. The highest BCUT2D eigenvalue weighted by Crippen LogP contribution is 2.41. The second-order valence-electron chi connectivity index (χ2n) is 5.01.